The molecule has 25 heavy (non-hydrogen) atoms. The lowest BCUT2D eigenvalue weighted by Crippen LogP contribution is -2.26. The number of benzene rings is 2. The Kier molecular flexibility index (Phi) is 5.69. The van der Waals surface area contributed by atoms with Crippen LogP contribution in [-0.4, -0.2) is 18.1 Å². The fourth-order valence-electron chi connectivity index (χ4n) is 3.29. The van der Waals surface area contributed by atoms with Crippen LogP contribution in [0.3, 0.4) is 0 Å². The van der Waals surface area contributed by atoms with Gasteiger partial charge in [-0.3, -0.25) is 4.79 Å². The van der Waals surface area contributed by atoms with Gasteiger partial charge in [-0.1, -0.05) is 31.2 Å². The highest BCUT2D eigenvalue weighted by molar-refractivity contribution is 5.74. The highest BCUT2D eigenvalue weighted by Gasteiger charge is 2.22. The van der Waals surface area contributed by atoms with Gasteiger partial charge in [0.1, 0.15) is 0 Å². The van der Waals surface area contributed by atoms with Crippen LogP contribution in [0.2, 0.25) is 0 Å². The molecule has 2 aromatic carbocycles. The molecule has 134 valence electrons. The Labute approximate surface area is 149 Å². The van der Waals surface area contributed by atoms with E-state index < -0.39 is 5.97 Å². The molecule has 0 radical (unpaired) electrons. The molecule has 5 N–H and O–H groups in total. The first kappa shape index (κ1) is 18.8. The first-order valence-corrected chi connectivity index (χ1v) is 8.44. The van der Waals surface area contributed by atoms with Crippen molar-refractivity contribution in [3.63, 3.8) is 0 Å². The minimum atomic E-state index is -0.832. The summed E-state index contributed by atoms with van der Waals surface area (Å²) in [6.45, 7) is 6.10. The summed E-state index contributed by atoms with van der Waals surface area (Å²) < 4.78 is 0. The summed E-state index contributed by atoms with van der Waals surface area (Å²) in [4.78, 5) is 11.5. The summed E-state index contributed by atoms with van der Waals surface area (Å²) in [5.74, 6) is 4.74. The maximum absolute atomic E-state index is 11.5. The zero-order valence-corrected chi connectivity index (χ0v) is 15.3. The molecule has 0 aliphatic rings. The van der Waals surface area contributed by atoms with Crippen molar-refractivity contribution in [3.8, 4) is 0 Å². The largest absolute Gasteiger partial charge is 0.481 e. The van der Waals surface area contributed by atoms with E-state index in [9.17, 15) is 9.90 Å². The lowest BCUT2D eigenvalue weighted by atomic mass is 9.84. The fourth-order valence-corrected chi connectivity index (χ4v) is 3.29. The number of nitrogen functional groups attached to an aromatic ring is 1. The maximum atomic E-state index is 11.5. The van der Waals surface area contributed by atoms with Gasteiger partial charge >= 0.3 is 5.97 Å². The minimum absolute atomic E-state index is 0.0182. The van der Waals surface area contributed by atoms with Crippen LogP contribution in [0.1, 0.15) is 47.1 Å². The summed E-state index contributed by atoms with van der Waals surface area (Å²) in [6, 6.07) is 9.97. The number of carbonyl (C=O) groups is 1. The standard InChI is InChI=1S/C20H27N3O2/c1-5-14-10-15(7-6-12(14)2)17(11-19(24)25)16-8-9-18(23(4)22)20(21)13(16)3/h6-10,17H,5,11,21-22H2,1-4H3,(H,24,25). The predicted molar refractivity (Wildman–Crippen MR) is 103 cm³/mol. The summed E-state index contributed by atoms with van der Waals surface area (Å²) >= 11 is 0. The SMILES string of the molecule is CCc1cc(C(CC(=O)O)c2ccc(N(C)N)c(N)c2C)ccc1C. The van der Waals surface area contributed by atoms with E-state index in [4.69, 9.17) is 11.6 Å². The fraction of sp³-hybridized carbons (Fsp3) is 0.350. The van der Waals surface area contributed by atoms with Gasteiger partial charge in [0.05, 0.1) is 17.8 Å². The van der Waals surface area contributed by atoms with Gasteiger partial charge in [-0.25, -0.2) is 5.84 Å². The molecule has 2 rings (SSSR count). The Hall–Kier alpha value is -2.53. The quantitative estimate of drug-likeness (QED) is 0.425. The van der Waals surface area contributed by atoms with Crippen LogP contribution in [0, 0.1) is 13.8 Å². The van der Waals surface area contributed by atoms with Gasteiger partial charge in [0.2, 0.25) is 0 Å². The third kappa shape index (κ3) is 3.94. The second-order valence-electron chi connectivity index (χ2n) is 6.51. The highest BCUT2D eigenvalue weighted by Crippen LogP contribution is 2.36. The number of anilines is 2. The number of carboxylic acid groups (broad SMARTS) is 1. The van der Waals surface area contributed by atoms with Gasteiger partial charge in [-0.15, -0.1) is 0 Å². The number of hydrogen-bond donors (Lipinski definition) is 3. The topological polar surface area (TPSA) is 92.6 Å². The van der Waals surface area contributed by atoms with E-state index in [1.54, 1.807) is 7.05 Å². The first-order chi connectivity index (χ1) is 11.8. The van der Waals surface area contributed by atoms with Crippen molar-refractivity contribution in [1.82, 2.24) is 0 Å². The van der Waals surface area contributed by atoms with E-state index in [1.807, 2.05) is 25.1 Å². The van der Waals surface area contributed by atoms with Gasteiger partial charge in [0.15, 0.2) is 0 Å². The molecule has 0 heterocycles. The predicted octanol–water partition coefficient (Wildman–Crippen LogP) is 3.36. The van der Waals surface area contributed by atoms with E-state index in [0.717, 1.165) is 28.8 Å². The Bertz CT molecular complexity index is 785. The monoisotopic (exact) mass is 341 g/mol. The summed E-state index contributed by atoms with van der Waals surface area (Å²) in [5, 5.41) is 10.9. The number of nitrogens with two attached hydrogens (primary N) is 2. The van der Waals surface area contributed by atoms with Crippen LogP contribution in [0.25, 0.3) is 0 Å². The molecule has 1 unspecified atom stereocenters. The molecule has 0 aliphatic carbocycles. The molecule has 0 bridgehead atoms. The number of aryl methyl sites for hydroxylation is 2. The van der Waals surface area contributed by atoms with Crippen molar-refractivity contribution >= 4 is 17.3 Å². The van der Waals surface area contributed by atoms with Crippen molar-refractivity contribution < 1.29 is 9.90 Å². The lowest BCUT2D eigenvalue weighted by molar-refractivity contribution is -0.137. The molecule has 5 heteroatoms. The molecular formula is C20H27N3O2. The normalized spacial score (nSPS) is 12.0. The Morgan fingerprint density at radius 3 is 2.48 bits per heavy atom. The molecule has 0 spiro atoms. The van der Waals surface area contributed by atoms with Gasteiger partial charge < -0.3 is 15.8 Å². The smallest absolute Gasteiger partial charge is 0.304 e. The van der Waals surface area contributed by atoms with Gasteiger partial charge in [0.25, 0.3) is 0 Å². The number of rotatable bonds is 6. The van der Waals surface area contributed by atoms with E-state index >= 15 is 0 Å². The zero-order chi connectivity index (χ0) is 18.7. The lowest BCUT2D eigenvalue weighted by Gasteiger charge is -2.23. The van der Waals surface area contributed by atoms with Crippen LogP contribution in [0.5, 0.6) is 0 Å². The molecule has 5 nitrogen and oxygen atoms in total. The van der Waals surface area contributed by atoms with E-state index in [0.29, 0.717) is 5.69 Å². The van der Waals surface area contributed by atoms with Crippen molar-refractivity contribution in [2.75, 3.05) is 17.8 Å². The molecule has 0 aromatic heterocycles. The van der Waals surface area contributed by atoms with E-state index in [2.05, 4.69) is 26.0 Å². The third-order valence-electron chi connectivity index (χ3n) is 4.82. The average molecular weight is 341 g/mol. The van der Waals surface area contributed by atoms with Crippen LogP contribution < -0.4 is 16.6 Å². The van der Waals surface area contributed by atoms with Crippen LogP contribution >= 0.6 is 0 Å². The van der Waals surface area contributed by atoms with Crippen molar-refractivity contribution in [2.45, 2.75) is 39.5 Å². The number of hydrogen-bond acceptors (Lipinski definition) is 4. The van der Waals surface area contributed by atoms with Gasteiger partial charge in [-0.2, -0.15) is 0 Å². The molecule has 0 saturated carbocycles. The van der Waals surface area contributed by atoms with Crippen molar-refractivity contribution in [3.05, 3.63) is 58.1 Å². The average Bonchev–Trinajstić information content (AvgIpc) is 2.55. The number of nitrogens with zero attached hydrogens (tertiary/aromatic N) is 1. The summed E-state index contributed by atoms with van der Waals surface area (Å²) in [5.41, 5.74) is 12.8. The summed E-state index contributed by atoms with van der Waals surface area (Å²) in [7, 11) is 1.73. The van der Waals surface area contributed by atoms with Crippen molar-refractivity contribution in [2.24, 2.45) is 5.84 Å². The highest BCUT2D eigenvalue weighted by atomic mass is 16.4. The number of carboxylic acids is 1. The number of aliphatic carboxylic acids is 1. The van der Waals surface area contributed by atoms with E-state index in [-0.39, 0.29) is 12.3 Å². The zero-order valence-electron chi connectivity index (χ0n) is 15.3. The van der Waals surface area contributed by atoms with Crippen LogP contribution in [0.4, 0.5) is 11.4 Å². The van der Waals surface area contributed by atoms with Gasteiger partial charge in [-0.05, 0) is 54.2 Å². The van der Waals surface area contributed by atoms with Crippen LogP contribution in [0.15, 0.2) is 30.3 Å². The maximum Gasteiger partial charge on any atom is 0.304 e. The second kappa shape index (κ2) is 7.57. The Balaban J connectivity index is 2.59. The molecular weight excluding hydrogens is 314 g/mol. The number of hydrazine groups is 1. The summed E-state index contributed by atoms with van der Waals surface area (Å²) in [6.07, 6.45) is 0.932. The van der Waals surface area contributed by atoms with Crippen molar-refractivity contribution in [1.29, 1.82) is 0 Å². The third-order valence-corrected chi connectivity index (χ3v) is 4.82. The molecule has 2 aromatic rings. The second-order valence-corrected chi connectivity index (χ2v) is 6.51. The van der Waals surface area contributed by atoms with E-state index in [1.165, 1.54) is 16.1 Å². The minimum Gasteiger partial charge on any atom is -0.481 e. The molecule has 0 saturated heterocycles. The Morgan fingerprint density at radius 2 is 1.92 bits per heavy atom. The van der Waals surface area contributed by atoms with Gasteiger partial charge in [0, 0.05) is 13.0 Å². The first-order valence-electron chi connectivity index (χ1n) is 8.44. The van der Waals surface area contributed by atoms with Crippen LogP contribution in [-0.2, 0) is 11.2 Å². The molecule has 0 amide bonds. The Morgan fingerprint density at radius 1 is 1.24 bits per heavy atom. The molecule has 0 aliphatic heterocycles. The molecule has 1 atom stereocenters. The molecule has 0 fully saturated rings.